The lowest BCUT2D eigenvalue weighted by Crippen LogP contribution is -2.42. The summed E-state index contributed by atoms with van der Waals surface area (Å²) in [6, 6.07) is 15.3. The van der Waals surface area contributed by atoms with Crippen LogP contribution in [0.3, 0.4) is 0 Å². The molecule has 0 saturated heterocycles. The Hall–Kier alpha value is -3.81. The van der Waals surface area contributed by atoms with Crippen molar-refractivity contribution in [1.29, 1.82) is 0 Å². The lowest BCUT2D eigenvalue weighted by atomic mass is 9.96. The van der Waals surface area contributed by atoms with Crippen LogP contribution in [0.2, 0.25) is 0 Å². The Morgan fingerprint density at radius 3 is 1.93 bits per heavy atom. The van der Waals surface area contributed by atoms with E-state index in [1.54, 1.807) is 26.0 Å². The van der Waals surface area contributed by atoms with Crippen LogP contribution in [0.1, 0.15) is 43.1 Å². The maximum atomic E-state index is 12.9. The highest BCUT2D eigenvalue weighted by Crippen LogP contribution is 2.32. The number of hydrogen-bond acceptors (Lipinski definition) is 10. The van der Waals surface area contributed by atoms with Gasteiger partial charge in [0.05, 0.1) is 27.1 Å². The van der Waals surface area contributed by atoms with Gasteiger partial charge in [0.1, 0.15) is 11.9 Å². The van der Waals surface area contributed by atoms with Gasteiger partial charge in [-0.3, -0.25) is 14.4 Å². The van der Waals surface area contributed by atoms with Crippen LogP contribution >= 0.6 is 11.8 Å². The van der Waals surface area contributed by atoms with Crippen LogP contribution in [0, 0.1) is 0 Å². The number of aliphatic carboxylic acids is 3. The molecule has 0 aliphatic carbocycles. The monoisotopic (exact) mass is 609 g/mol. The maximum absolute atomic E-state index is 12.9. The van der Waals surface area contributed by atoms with Gasteiger partial charge in [0.2, 0.25) is 0 Å². The zero-order chi connectivity index (χ0) is 31.7. The summed E-state index contributed by atoms with van der Waals surface area (Å²) >= 11 is 1.63. The molecule has 0 bridgehead atoms. The van der Waals surface area contributed by atoms with E-state index in [2.05, 4.69) is 18.7 Å². The molecule has 1 unspecified atom stereocenters. The van der Waals surface area contributed by atoms with E-state index in [1.807, 2.05) is 48.5 Å². The molecule has 12 nitrogen and oxygen atoms in total. The minimum Gasteiger partial charge on any atom is -0.493 e. The second-order valence-electron chi connectivity index (χ2n) is 8.96. The summed E-state index contributed by atoms with van der Waals surface area (Å²) < 4.78 is 16.2. The van der Waals surface area contributed by atoms with E-state index in [4.69, 9.17) is 34.6 Å². The van der Waals surface area contributed by atoms with Gasteiger partial charge in [-0.2, -0.15) is 0 Å². The lowest BCUT2D eigenvalue weighted by molar-refractivity contribution is -0.170. The number of thioether (sulfide) groups is 1. The van der Waals surface area contributed by atoms with Crippen LogP contribution in [0.25, 0.3) is 0 Å². The van der Waals surface area contributed by atoms with Crippen LogP contribution in [0.5, 0.6) is 11.5 Å². The fourth-order valence-corrected chi connectivity index (χ4v) is 4.84. The Morgan fingerprint density at radius 2 is 1.45 bits per heavy atom. The summed E-state index contributed by atoms with van der Waals surface area (Å²) in [4.78, 5) is 45.7. The van der Waals surface area contributed by atoms with E-state index in [1.165, 1.54) is 0 Å². The van der Waals surface area contributed by atoms with Crippen molar-refractivity contribution in [2.45, 2.75) is 44.1 Å². The molecule has 13 heteroatoms. The van der Waals surface area contributed by atoms with Gasteiger partial charge >= 0.3 is 23.9 Å². The molecule has 232 valence electrons. The van der Waals surface area contributed by atoms with Crippen molar-refractivity contribution in [2.75, 3.05) is 39.6 Å². The first-order valence-electron chi connectivity index (χ1n) is 13.1. The van der Waals surface area contributed by atoms with Gasteiger partial charge in [-0.05, 0) is 36.3 Å². The Bertz CT molecular complexity index is 1140. The zero-order valence-electron chi connectivity index (χ0n) is 24.1. The van der Waals surface area contributed by atoms with E-state index in [9.17, 15) is 19.2 Å². The van der Waals surface area contributed by atoms with E-state index in [0.29, 0.717) is 11.5 Å². The molecule has 0 saturated carbocycles. The van der Waals surface area contributed by atoms with E-state index in [0.717, 1.165) is 36.5 Å². The van der Waals surface area contributed by atoms with E-state index >= 15 is 0 Å². The number of carboxylic acid groups (broad SMARTS) is 3. The first-order valence-corrected chi connectivity index (χ1v) is 14.1. The predicted molar refractivity (Wildman–Crippen MR) is 156 cm³/mol. The summed E-state index contributed by atoms with van der Waals surface area (Å²) in [5.41, 5.74) is -0.914. The number of methoxy groups -OCH3 is 2. The highest BCUT2D eigenvalue weighted by Gasteiger charge is 2.40. The summed E-state index contributed by atoms with van der Waals surface area (Å²) in [6.07, 6.45) is -2.29. The molecule has 0 amide bonds. The van der Waals surface area contributed by atoms with Gasteiger partial charge in [-0.15, -0.1) is 11.8 Å². The average molecular weight is 610 g/mol. The Balaban J connectivity index is 0.000000572. The normalized spacial score (nSPS) is 11.6. The molecule has 0 aromatic heterocycles. The third-order valence-electron chi connectivity index (χ3n) is 6.02. The number of hydrogen-bond donors (Lipinski definition) is 4. The Labute approximate surface area is 249 Å². The summed E-state index contributed by atoms with van der Waals surface area (Å²) in [6.45, 7) is 7.47. The van der Waals surface area contributed by atoms with Crippen LogP contribution < -0.4 is 9.47 Å². The summed E-state index contributed by atoms with van der Waals surface area (Å²) in [5.74, 6) is -3.11. The number of aliphatic hydroxyl groups is 1. The van der Waals surface area contributed by atoms with Crippen LogP contribution in [0.15, 0.2) is 48.5 Å². The van der Waals surface area contributed by atoms with Crippen molar-refractivity contribution in [3.8, 4) is 11.5 Å². The summed E-state index contributed by atoms with van der Waals surface area (Å²) in [5, 5.41) is 33.5. The van der Waals surface area contributed by atoms with Crippen molar-refractivity contribution in [3.05, 3.63) is 59.7 Å². The predicted octanol–water partition coefficient (Wildman–Crippen LogP) is 3.31. The van der Waals surface area contributed by atoms with Crippen molar-refractivity contribution < 1.29 is 53.8 Å². The number of carboxylic acids is 3. The smallest absolute Gasteiger partial charge is 0.336 e. The minimum absolute atomic E-state index is 0.194. The second-order valence-corrected chi connectivity index (χ2v) is 10.2. The highest BCUT2D eigenvalue weighted by molar-refractivity contribution is 8.00. The Morgan fingerprint density at radius 1 is 0.881 bits per heavy atom. The fourth-order valence-electron chi connectivity index (χ4n) is 3.68. The molecule has 2 rings (SSSR count). The second kappa shape index (κ2) is 18.6. The molecule has 2 aromatic carbocycles. The molecule has 0 aliphatic rings. The molecule has 42 heavy (non-hydrogen) atoms. The van der Waals surface area contributed by atoms with Crippen molar-refractivity contribution in [2.24, 2.45) is 0 Å². The van der Waals surface area contributed by atoms with Crippen molar-refractivity contribution >= 4 is 35.6 Å². The third kappa shape index (κ3) is 12.4. The molecule has 2 aromatic rings. The topological polar surface area (TPSA) is 180 Å². The molecule has 0 aliphatic heterocycles. The fraction of sp³-hybridized carbons (Fsp3) is 0.448. The molecule has 0 radical (unpaired) electrons. The van der Waals surface area contributed by atoms with Gasteiger partial charge < -0.3 is 39.5 Å². The average Bonchev–Trinajstić information content (AvgIpc) is 2.95. The lowest BCUT2D eigenvalue weighted by Gasteiger charge is -2.20. The molecule has 1 atom stereocenters. The standard InChI is InChI=1S/C23H31NO4S.C6H8O7/c1-5-24(6-2)14-15-29-22(19-10-8-7-9-11-19)23(25)28-17-18-12-13-20(26-3)21(16-18)27-4;7-3(8)1-6(13,5(11)12)2-4(9)10/h7-13,16,22H,5-6,14-15,17H2,1-4H3;13H,1-2H2,(H,7,8)(H,9,10)(H,11,12). The van der Waals surface area contributed by atoms with Crippen molar-refractivity contribution in [3.63, 3.8) is 0 Å². The largest absolute Gasteiger partial charge is 0.493 e. The first-order chi connectivity index (χ1) is 19.9. The number of carbonyl (C=O) groups is 4. The van der Waals surface area contributed by atoms with Gasteiger partial charge in [0.25, 0.3) is 0 Å². The number of benzene rings is 2. The molecular formula is C29H39NO11S. The van der Waals surface area contributed by atoms with Crippen LogP contribution in [-0.2, 0) is 30.5 Å². The molecule has 0 heterocycles. The number of carbonyl (C=O) groups excluding carboxylic acids is 1. The molecular weight excluding hydrogens is 570 g/mol. The molecule has 4 N–H and O–H groups in total. The van der Waals surface area contributed by atoms with Crippen LogP contribution in [-0.4, -0.2) is 94.4 Å². The summed E-state index contributed by atoms with van der Waals surface area (Å²) in [7, 11) is 3.18. The third-order valence-corrected chi connectivity index (χ3v) is 7.23. The Kier molecular flexibility index (Phi) is 16.0. The number of nitrogens with zero attached hydrogens (tertiary/aromatic N) is 1. The first kappa shape index (κ1) is 36.2. The van der Waals surface area contributed by atoms with E-state index in [-0.39, 0.29) is 17.8 Å². The number of ether oxygens (including phenoxy) is 3. The quantitative estimate of drug-likeness (QED) is 0.192. The van der Waals surface area contributed by atoms with Crippen LogP contribution in [0.4, 0.5) is 0 Å². The number of esters is 1. The maximum Gasteiger partial charge on any atom is 0.336 e. The van der Waals surface area contributed by atoms with Gasteiger partial charge in [-0.1, -0.05) is 50.2 Å². The molecule has 0 fully saturated rings. The SMILES string of the molecule is CCN(CC)CCSC(C(=O)OCc1ccc(OC)c(OC)c1)c1ccccc1.O=C(O)CC(O)(CC(=O)O)C(=O)O. The zero-order valence-corrected chi connectivity index (χ0v) is 25.0. The molecule has 0 spiro atoms. The minimum atomic E-state index is -2.74. The van der Waals surface area contributed by atoms with Gasteiger partial charge in [0.15, 0.2) is 17.1 Å². The van der Waals surface area contributed by atoms with Gasteiger partial charge in [-0.25, -0.2) is 4.79 Å². The van der Waals surface area contributed by atoms with Gasteiger partial charge in [0, 0.05) is 12.3 Å². The van der Waals surface area contributed by atoms with Crippen molar-refractivity contribution in [1.82, 2.24) is 4.90 Å². The van der Waals surface area contributed by atoms with E-state index < -0.39 is 36.4 Å². The number of rotatable bonds is 17. The highest BCUT2D eigenvalue weighted by atomic mass is 32.2.